The minimum absolute atomic E-state index is 0.00256. The highest BCUT2D eigenvalue weighted by Gasteiger charge is 2.31. The van der Waals surface area contributed by atoms with Crippen LogP contribution < -0.4 is 10.1 Å². The summed E-state index contributed by atoms with van der Waals surface area (Å²) in [4.78, 5) is 15.7. The van der Waals surface area contributed by atoms with Crippen LogP contribution in [0.4, 0.5) is 24.8 Å². The minimum Gasteiger partial charge on any atom is -0.481 e. The van der Waals surface area contributed by atoms with Crippen LogP contribution in [0.5, 0.6) is 5.75 Å². The summed E-state index contributed by atoms with van der Waals surface area (Å²) < 4.78 is 43.3. The fourth-order valence-electron chi connectivity index (χ4n) is 3.82. The summed E-state index contributed by atoms with van der Waals surface area (Å²) >= 11 is 6.20. The number of carbonyl (C=O) groups is 1. The highest BCUT2D eigenvalue weighted by atomic mass is 35.5. The Bertz CT molecular complexity index is 1350. The van der Waals surface area contributed by atoms with E-state index in [0.717, 1.165) is 16.6 Å². The van der Waals surface area contributed by atoms with Crippen molar-refractivity contribution in [3.63, 3.8) is 0 Å². The number of aryl methyl sites for hydroxylation is 1. The maximum absolute atomic E-state index is 12.5. The van der Waals surface area contributed by atoms with Gasteiger partial charge < -0.3 is 19.7 Å². The Morgan fingerprint density at radius 2 is 1.89 bits per heavy atom. The zero-order chi connectivity index (χ0) is 25.2. The van der Waals surface area contributed by atoms with E-state index in [0.29, 0.717) is 28.6 Å². The third-order valence-electron chi connectivity index (χ3n) is 5.44. The monoisotopic (exact) mass is 503 g/mol. The number of imidazole rings is 1. The molecule has 0 bridgehead atoms. The Hall–Kier alpha value is -3.72. The number of nitrogens with one attached hydrogen (secondary N) is 1. The number of nitrogens with zero attached hydrogens (tertiary/aromatic N) is 2. The quantitative estimate of drug-likeness (QED) is 0.272. The van der Waals surface area contributed by atoms with Crippen molar-refractivity contribution in [3.8, 4) is 5.75 Å². The Morgan fingerprint density at radius 3 is 2.54 bits per heavy atom. The molecule has 0 radical (unpaired) electrons. The minimum atomic E-state index is -4.77. The number of carboxylic acid groups (broad SMARTS) is 1. The van der Waals surface area contributed by atoms with Crippen LogP contribution in [-0.4, -0.2) is 27.0 Å². The predicted molar refractivity (Wildman–Crippen MR) is 127 cm³/mol. The highest BCUT2D eigenvalue weighted by molar-refractivity contribution is 6.30. The van der Waals surface area contributed by atoms with Gasteiger partial charge in [0.1, 0.15) is 5.75 Å². The van der Waals surface area contributed by atoms with Gasteiger partial charge in [-0.25, -0.2) is 4.98 Å². The molecule has 0 aliphatic heterocycles. The van der Waals surface area contributed by atoms with E-state index in [1.54, 1.807) is 6.07 Å². The molecule has 1 heterocycles. The topological polar surface area (TPSA) is 76.4 Å². The van der Waals surface area contributed by atoms with Gasteiger partial charge in [0, 0.05) is 17.1 Å². The van der Waals surface area contributed by atoms with Gasteiger partial charge in [-0.2, -0.15) is 0 Å². The smallest absolute Gasteiger partial charge is 0.481 e. The van der Waals surface area contributed by atoms with Gasteiger partial charge in [0.15, 0.2) is 0 Å². The zero-order valence-corrected chi connectivity index (χ0v) is 19.3. The molecule has 0 unspecified atom stereocenters. The molecular weight excluding hydrogens is 483 g/mol. The summed E-state index contributed by atoms with van der Waals surface area (Å²) in [6.07, 6.45) is -4.40. The third-order valence-corrected chi connectivity index (χ3v) is 5.68. The van der Waals surface area contributed by atoms with Gasteiger partial charge in [0.2, 0.25) is 5.95 Å². The fraction of sp³-hybridized carbons (Fsp3) is 0.200. The lowest BCUT2D eigenvalue weighted by Crippen LogP contribution is -2.17. The number of hydrogen-bond donors (Lipinski definition) is 2. The van der Waals surface area contributed by atoms with Crippen molar-refractivity contribution in [1.82, 2.24) is 9.55 Å². The van der Waals surface area contributed by atoms with Crippen LogP contribution in [0, 0.1) is 0 Å². The summed E-state index contributed by atoms with van der Waals surface area (Å²) in [6.45, 7) is 1.98. The van der Waals surface area contributed by atoms with E-state index < -0.39 is 12.3 Å². The maximum Gasteiger partial charge on any atom is 0.573 e. The van der Waals surface area contributed by atoms with Crippen molar-refractivity contribution in [2.45, 2.75) is 32.2 Å². The third kappa shape index (κ3) is 6.05. The number of fused-ring (bicyclic) bond motifs is 1. The molecule has 1 aromatic heterocycles. The summed E-state index contributed by atoms with van der Waals surface area (Å²) in [5.41, 5.74) is 3.74. The van der Waals surface area contributed by atoms with Crippen molar-refractivity contribution in [2.75, 3.05) is 5.32 Å². The first-order chi connectivity index (χ1) is 16.6. The fourth-order valence-corrected chi connectivity index (χ4v) is 4.01. The van der Waals surface area contributed by atoms with Crippen molar-refractivity contribution < 1.29 is 27.8 Å². The van der Waals surface area contributed by atoms with Crippen molar-refractivity contribution in [2.24, 2.45) is 0 Å². The van der Waals surface area contributed by atoms with Gasteiger partial charge in [-0.05, 0) is 73.0 Å². The Morgan fingerprint density at radius 1 is 1.14 bits per heavy atom. The number of carboxylic acids is 1. The van der Waals surface area contributed by atoms with Crippen LogP contribution in [0.1, 0.15) is 30.5 Å². The van der Waals surface area contributed by atoms with Crippen LogP contribution in [0.15, 0.2) is 66.7 Å². The number of rotatable bonds is 8. The molecule has 0 fully saturated rings. The molecule has 0 aliphatic rings. The molecule has 35 heavy (non-hydrogen) atoms. The summed E-state index contributed by atoms with van der Waals surface area (Å²) in [5.74, 6) is -0.746. The number of ether oxygens (including phenoxy) is 1. The number of aromatic nitrogens is 2. The summed E-state index contributed by atoms with van der Waals surface area (Å²) in [6, 6.07) is 18.2. The molecule has 3 aromatic carbocycles. The second kappa shape index (κ2) is 9.87. The molecule has 0 saturated carbocycles. The number of alkyl halides is 3. The van der Waals surface area contributed by atoms with E-state index in [9.17, 15) is 18.0 Å². The van der Waals surface area contributed by atoms with Gasteiger partial charge in [0.25, 0.3) is 0 Å². The second-order valence-electron chi connectivity index (χ2n) is 7.95. The largest absolute Gasteiger partial charge is 0.573 e. The normalized spacial score (nSPS) is 12.5. The first-order valence-corrected chi connectivity index (χ1v) is 11.1. The molecule has 0 spiro atoms. The van der Waals surface area contributed by atoms with E-state index >= 15 is 0 Å². The number of anilines is 2. The maximum atomic E-state index is 12.5. The molecule has 2 N–H and O–H groups in total. The Labute approximate surface area is 203 Å². The highest BCUT2D eigenvalue weighted by Crippen LogP contribution is 2.32. The Balaban J connectivity index is 1.72. The lowest BCUT2D eigenvalue weighted by atomic mass is 10.1. The van der Waals surface area contributed by atoms with Crippen LogP contribution in [0.2, 0.25) is 5.02 Å². The van der Waals surface area contributed by atoms with Crippen LogP contribution in [0.25, 0.3) is 11.0 Å². The van der Waals surface area contributed by atoms with E-state index in [1.807, 2.05) is 47.9 Å². The van der Waals surface area contributed by atoms with Gasteiger partial charge in [-0.15, -0.1) is 13.2 Å². The van der Waals surface area contributed by atoms with Crippen molar-refractivity contribution >= 4 is 40.2 Å². The first kappa shape index (κ1) is 24.4. The number of benzene rings is 3. The lowest BCUT2D eigenvalue weighted by molar-refractivity contribution is -0.274. The van der Waals surface area contributed by atoms with Gasteiger partial charge in [-0.3, -0.25) is 4.79 Å². The number of hydrogen-bond acceptors (Lipinski definition) is 4. The molecule has 6 nitrogen and oxygen atoms in total. The molecule has 1 atom stereocenters. The standard InChI is InChI=1S/C25H21ClF3N3O3/c1-15(17-3-2-4-18(26)14-17)32-22-11-5-16(6-12-23(33)34)13-21(22)31-24(32)30-19-7-9-20(10-8-19)35-25(27,28)29/h2-5,7-11,13-15H,6,12H2,1H3,(H,30,31)(H,33,34)/t15-/m0/s1. The molecule has 4 rings (SSSR count). The molecular formula is C25H21ClF3N3O3. The van der Waals surface area contributed by atoms with Crippen LogP contribution in [-0.2, 0) is 11.2 Å². The molecule has 10 heteroatoms. The molecule has 0 amide bonds. The van der Waals surface area contributed by atoms with Gasteiger partial charge in [-0.1, -0.05) is 29.8 Å². The van der Waals surface area contributed by atoms with E-state index in [2.05, 4.69) is 10.1 Å². The molecule has 4 aromatic rings. The molecule has 0 saturated heterocycles. The second-order valence-corrected chi connectivity index (χ2v) is 8.39. The van der Waals surface area contributed by atoms with Crippen molar-refractivity contribution in [1.29, 1.82) is 0 Å². The zero-order valence-electron chi connectivity index (χ0n) is 18.5. The lowest BCUT2D eigenvalue weighted by Gasteiger charge is -2.19. The van der Waals surface area contributed by atoms with Gasteiger partial charge >= 0.3 is 12.3 Å². The van der Waals surface area contributed by atoms with Crippen LogP contribution in [0.3, 0.4) is 0 Å². The number of aliphatic carboxylic acids is 1. The molecule has 182 valence electrons. The van der Waals surface area contributed by atoms with E-state index in [1.165, 1.54) is 24.3 Å². The first-order valence-electron chi connectivity index (χ1n) is 10.7. The van der Waals surface area contributed by atoms with E-state index in [-0.39, 0.29) is 18.2 Å². The van der Waals surface area contributed by atoms with Gasteiger partial charge in [0.05, 0.1) is 17.1 Å². The number of halogens is 4. The SMILES string of the molecule is C[C@@H](c1cccc(Cl)c1)n1c(Nc2ccc(OC(F)(F)F)cc2)nc2cc(CCC(=O)O)ccc21. The molecule has 0 aliphatic carbocycles. The van der Waals surface area contributed by atoms with Crippen LogP contribution >= 0.6 is 11.6 Å². The average Bonchev–Trinajstić information content (AvgIpc) is 3.14. The van der Waals surface area contributed by atoms with E-state index in [4.69, 9.17) is 21.7 Å². The average molecular weight is 504 g/mol. The summed E-state index contributed by atoms with van der Waals surface area (Å²) in [7, 11) is 0. The Kier molecular flexibility index (Phi) is 6.88. The van der Waals surface area contributed by atoms with Crippen molar-refractivity contribution in [3.05, 3.63) is 82.9 Å². The predicted octanol–water partition coefficient (Wildman–Crippen LogP) is 6.96. The summed E-state index contributed by atoms with van der Waals surface area (Å²) in [5, 5.41) is 12.8.